The fourth-order valence-electron chi connectivity index (χ4n) is 1.06. The average molecular weight is 198 g/mol. The Kier molecular flexibility index (Phi) is 3.49. The van der Waals surface area contributed by atoms with Gasteiger partial charge in [-0.3, -0.25) is 15.1 Å². The molecule has 0 radical (unpaired) electrons. The molecule has 1 heterocycles. The van der Waals surface area contributed by atoms with Crippen LogP contribution in [0.1, 0.15) is 11.7 Å². The van der Waals surface area contributed by atoms with Crippen LogP contribution in [-0.2, 0) is 0 Å². The second kappa shape index (κ2) is 4.64. The number of aromatic nitrogens is 1. The van der Waals surface area contributed by atoms with E-state index in [1.54, 1.807) is 0 Å². The molecule has 0 saturated carbocycles. The largest absolute Gasteiger partial charge is 0.389 e. The van der Waals surface area contributed by atoms with Gasteiger partial charge >= 0.3 is 0 Å². The predicted molar refractivity (Wildman–Crippen MR) is 47.1 cm³/mol. The smallest absolute Gasteiger partial charge is 0.265 e. The summed E-state index contributed by atoms with van der Waals surface area (Å²) < 4.78 is 0. The lowest BCUT2D eigenvalue weighted by atomic mass is 10.1. The molecule has 0 fully saturated rings. The minimum absolute atomic E-state index is 0.371. The Morgan fingerprint density at radius 3 is 2.50 bits per heavy atom. The van der Waals surface area contributed by atoms with E-state index in [9.17, 15) is 15.2 Å². The van der Waals surface area contributed by atoms with Gasteiger partial charge in [0, 0.05) is 17.3 Å². The van der Waals surface area contributed by atoms with E-state index in [0.29, 0.717) is 5.56 Å². The van der Waals surface area contributed by atoms with Gasteiger partial charge in [0.05, 0.1) is 0 Å². The Hall–Kier alpha value is -1.53. The lowest BCUT2D eigenvalue weighted by Crippen LogP contribution is -2.31. The Morgan fingerprint density at radius 1 is 1.50 bits per heavy atom. The predicted octanol–water partition coefficient (Wildman–Crippen LogP) is -0.247. The van der Waals surface area contributed by atoms with Crippen LogP contribution in [0.2, 0.25) is 0 Å². The molecule has 0 aliphatic rings. The highest BCUT2D eigenvalue weighted by molar-refractivity contribution is 5.14. The Bertz CT molecular complexity index is 303. The topological polar surface area (TPSA) is 96.5 Å². The van der Waals surface area contributed by atoms with Crippen LogP contribution >= 0.6 is 0 Å². The fraction of sp³-hybridized carbons (Fsp3) is 0.375. The van der Waals surface area contributed by atoms with Crippen molar-refractivity contribution in [1.82, 2.24) is 4.98 Å². The first-order valence-electron chi connectivity index (χ1n) is 3.99. The SMILES string of the molecule is O=[N+]([O-])[C@@H](CO)[C@H](O)c1ccncc1. The van der Waals surface area contributed by atoms with Crippen molar-refractivity contribution < 1.29 is 15.1 Å². The third-order valence-corrected chi connectivity index (χ3v) is 1.87. The molecule has 2 N–H and O–H groups in total. The van der Waals surface area contributed by atoms with Gasteiger partial charge < -0.3 is 10.2 Å². The number of nitro groups is 1. The highest BCUT2D eigenvalue weighted by Crippen LogP contribution is 2.17. The van der Waals surface area contributed by atoms with Crippen molar-refractivity contribution in [3.8, 4) is 0 Å². The van der Waals surface area contributed by atoms with Crippen LogP contribution in [0, 0.1) is 10.1 Å². The molecule has 0 aromatic carbocycles. The van der Waals surface area contributed by atoms with Gasteiger partial charge in [-0.15, -0.1) is 0 Å². The van der Waals surface area contributed by atoms with Crippen LogP contribution in [0.4, 0.5) is 0 Å². The summed E-state index contributed by atoms with van der Waals surface area (Å²) >= 11 is 0. The van der Waals surface area contributed by atoms with Crippen molar-refractivity contribution in [2.24, 2.45) is 0 Å². The van der Waals surface area contributed by atoms with Crippen molar-refractivity contribution in [2.45, 2.75) is 12.1 Å². The lowest BCUT2D eigenvalue weighted by Gasteiger charge is -2.13. The van der Waals surface area contributed by atoms with E-state index >= 15 is 0 Å². The maximum absolute atomic E-state index is 10.4. The molecule has 14 heavy (non-hydrogen) atoms. The number of hydrogen-bond acceptors (Lipinski definition) is 5. The first kappa shape index (κ1) is 10.6. The zero-order chi connectivity index (χ0) is 10.6. The summed E-state index contributed by atoms with van der Waals surface area (Å²) in [6.45, 7) is -0.698. The van der Waals surface area contributed by atoms with E-state index in [4.69, 9.17) is 5.11 Å². The molecule has 0 saturated heterocycles. The van der Waals surface area contributed by atoms with E-state index in [1.807, 2.05) is 0 Å². The molecule has 0 spiro atoms. The van der Waals surface area contributed by atoms with Crippen molar-refractivity contribution in [2.75, 3.05) is 6.61 Å². The molecular weight excluding hydrogens is 188 g/mol. The number of nitrogens with zero attached hydrogens (tertiary/aromatic N) is 2. The molecule has 1 rings (SSSR count). The Labute approximate surface area is 80.0 Å². The molecular formula is C8H10N2O4. The van der Waals surface area contributed by atoms with Gasteiger partial charge in [0.15, 0.2) is 0 Å². The van der Waals surface area contributed by atoms with Crippen molar-refractivity contribution in [1.29, 1.82) is 0 Å². The van der Waals surface area contributed by atoms with Crippen molar-refractivity contribution in [3.05, 3.63) is 40.2 Å². The summed E-state index contributed by atoms with van der Waals surface area (Å²) in [4.78, 5) is 13.4. The highest BCUT2D eigenvalue weighted by Gasteiger charge is 2.30. The van der Waals surface area contributed by atoms with Gasteiger partial charge in [0.2, 0.25) is 0 Å². The maximum Gasteiger partial charge on any atom is 0.265 e. The number of pyridine rings is 1. The maximum atomic E-state index is 10.4. The van der Waals surface area contributed by atoms with Gasteiger partial charge in [0.25, 0.3) is 6.04 Å². The highest BCUT2D eigenvalue weighted by atomic mass is 16.6. The van der Waals surface area contributed by atoms with Crippen LogP contribution < -0.4 is 0 Å². The first-order chi connectivity index (χ1) is 6.66. The van der Waals surface area contributed by atoms with Gasteiger partial charge in [-0.05, 0) is 17.7 Å². The lowest BCUT2D eigenvalue weighted by molar-refractivity contribution is -0.539. The molecule has 1 aromatic heterocycles. The zero-order valence-corrected chi connectivity index (χ0v) is 7.28. The Balaban J connectivity index is 2.83. The van der Waals surface area contributed by atoms with Crippen molar-refractivity contribution >= 4 is 0 Å². The number of hydrogen-bond donors (Lipinski definition) is 2. The van der Waals surface area contributed by atoms with Crippen LogP contribution in [0.3, 0.4) is 0 Å². The summed E-state index contributed by atoms with van der Waals surface area (Å²) in [5.74, 6) is 0. The minimum Gasteiger partial charge on any atom is -0.389 e. The molecule has 6 heteroatoms. The fourth-order valence-corrected chi connectivity index (χ4v) is 1.06. The minimum atomic E-state index is -1.39. The summed E-state index contributed by atoms with van der Waals surface area (Å²) in [6.07, 6.45) is 1.54. The second-order valence-electron chi connectivity index (χ2n) is 2.76. The van der Waals surface area contributed by atoms with Crippen LogP contribution in [0.25, 0.3) is 0 Å². The van der Waals surface area contributed by atoms with E-state index in [-0.39, 0.29) is 0 Å². The number of aliphatic hydroxyl groups is 2. The second-order valence-corrected chi connectivity index (χ2v) is 2.76. The van der Waals surface area contributed by atoms with E-state index in [1.165, 1.54) is 24.5 Å². The van der Waals surface area contributed by atoms with Crippen LogP contribution in [0.5, 0.6) is 0 Å². The molecule has 6 nitrogen and oxygen atoms in total. The van der Waals surface area contributed by atoms with Gasteiger partial charge in [-0.1, -0.05) is 0 Å². The summed E-state index contributed by atoms with van der Waals surface area (Å²) in [5.41, 5.74) is 0.371. The first-order valence-corrected chi connectivity index (χ1v) is 3.99. The van der Waals surface area contributed by atoms with Gasteiger partial charge in [-0.2, -0.15) is 0 Å². The molecule has 0 unspecified atom stereocenters. The van der Waals surface area contributed by atoms with Gasteiger partial charge in [0.1, 0.15) is 12.7 Å². The third-order valence-electron chi connectivity index (χ3n) is 1.87. The standard InChI is InChI=1S/C8H10N2O4/c11-5-7(10(13)14)8(12)6-1-3-9-4-2-6/h1-4,7-8,11-12H,5H2/t7-,8+/m0/s1. The van der Waals surface area contributed by atoms with Crippen LogP contribution in [-0.4, -0.2) is 32.8 Å². The summed E-state index contributed by atoms with van der Waals surface area (Å²) in [7, 11) is 0. The van der Waals surface area contributed by atoms with Crippen LogP contribution in [0.15, 0.2) is 24.5 Å². The molecule has 76 valence electrons. The molecule has 1 aromatic rings. The normalized spacial score (nSPS) is 14.7. The molecule has 0 aliphatic carbocycles. The van der Waals surface area contributed by atoms with E-state index in [0.717, 1.165) is 0 Å². The quantitative estimate of drug-likeness (QED) is 0.513. The molecule has 0 aliphatic heterocycles. The molecule has 2 atom stereocenters. The third kappa shape index (κ3) is 2.24. The average Bonchev–Trinajstić information content (AvgIpc) is 2.19. The monoisotopic (exact) mass is 198 g/mol. The summed E-state index contributed by atoms with van der Waals surface area (Å²) in [6, 6.07) is 1.55. The summed E-state index contributed by atoms with van der Waals surface area (Å²) in [5, 5.41) is 28.6. The van der Waals surface area contributed by atoms with E-state index < -0.39 is 23.7 Å². The number of aliphatic hydroxyl groups excluding tert-OH is 2. The van der Waals surface area contributed by atoms with Crippen molar-refractivity contribution in [3.63, 3.8) is 0 Å². The molecule has 0 bridgehead atoms. The zero-order valence-electron chi connectivity index (χ0n) is 7.28. The van der Waals surface area contributed by atoms with Gasteiger partial charge in [-0.25, -0.2) is 0 Å². The molecule has 0 amide bonds. The van der Waals surface area contributed by atoms with E-state index in [2.05, 4.69) is 4.98 Å². The number of rotatable bonds is 4. The Morgan fingerprint density at radius 2 is 2.07 bits per heavy atom.